The fourth-order valence-corrected chi connectivity index (χ4v) is 5.65. The van der Waals surface area contributed by atoms with Crippen LogP contribution in [0.3, 0.4) is 0 Å². The molecule has 0 radical (unpaired) electrons. The van der Waals surface area contributed by atoms with Crippen LogP contribution in [0.4, 0.5) is 21.0 Å². The number of nitrogens with two attached hydrogens (primary N) is 1. The Balaban J connectivity index is 1.23. The number of anilines is 1. The fourth-order valence-electron chi connectivity index (χ4n) is 5.65. The first-order chi connectivity index (χ1) is 25.0. The molecule has 0 unspecified atom stereocenters. The van der Waals surface area contributed by atoms with E-state index in [1.54, 1.807) is 24.3 Å². The lowest BCUT2D eigenvalue weighted by Crippen LogP contribution is -2.57. The monoisotopic (exact) mass is 721 g/mol. The van der Waals surface area contributed by atoms with Gasteiger partial charge in [-0.3, -0.25) is 34.2 Å². The van der Waals surface area contributed by atoms with Gasteiger partial charge in [-0.1, -0.05) is 18.6 Å². The Labute approximate surface area is 299 Å². The molecule has 0 bridgehead atoms. The van der Waals surface area contributed by atoms with Crippen LogP contribution in [0.5, 0.6) is 5.75 Å². The van der Waals surface area contributed by atoms with Gasteiger partial charge < -0.3 is 36.5 Å². The molecule has 0 spiro atoms. The van der Waals surface area contributed by atoms with Gasteiger partial charge in [-0.25, -0.2) is 9.59 Å². The van der Waals surface area contributed by atoms with E-state index in [1.807, 2.05) is 0 Å². The van der Waals surface area contributed by atoms with E-state index in [9.17, 15) is 38.9 Å². The second kappa shape index (κ2) is 18.8. The standard InChI is InChI=1S/C35H43N7O10/c36-33(47)38-20-4-6-26(22-39-25-9-7-24(8-10-25)23-51-34(48)52-28-13-11-27(12-14-28)42(49)50)40-32(46)35(17-5-18-35)31(45)37-19-2-1-3-21-41-29(43)15-16-30(41)44/h7-16,26,39H,1-6,17-23H2,(H,37,45)(H,40,46)(H3,36,38,47)/t26-/m0/s1. The minimum absolute atomic E-state index is 0.0832. The highest BCUT2D eigenvalue weighted by Crippen LogP contribution is 2.41. The number of amides is 6. The number of nitro groups is 1. The van der Waals surface area contributed by atoms with Crippen molar-refractivity contribution in [2.45, 2.75) is 64.0 Å². The van der Waals surface area contributed by atoms with Crippen molar-refractivity contribution in [2.75, 3.05) is 31.5 Å². The molecule has 1 aliphatic carbocycles. The summed E-state index contributed by atoms with van der Waals surface area (Å²) in [4.78, 5) is 84.8. The van der Waals surface area contributed by atoms with E-state index < -0.39 is 28.6 Å². The molecule has 1 fully saturated rings. The largest absolute Gasteiger partial charge is 0.514 e. The zero-order valence-electron chi connectivity index (χ0n) is 28.6. The summed E-state index contributed by atoms with van der Waals surface area (Å²) < 4.78 is 10.2. The Morgan fingerprint density at radius 1 is 0.885 bits per heavy atom. The lowest BCUT2D eigenvalue weighted by Gasteiger charge is -2.39. The third-order valence-electron chi connectivity index (χ3n) is 8.80. The van der Waals surface area contributed by atoms with E-state index in [-0.39, 0.29) is 41.7 Å². The van der Waals surface area contributed by atoms with Crippen LogP contribution in [-0.2, 0) is 30.5 Å². The molecule has 4 rings (SSSR count). The average molecular weight is 722 g/mol. The number of carbonyl (C=O) groups excluding carboxylic acids is 6. The van der Waals surface area contributed by atoms with Crippen molar-refractivity contribution >= 4 is 47.2 Å². The predicted octanol–water partition coefficient (Wildman–Crippen LogP) is 3.04. The number of rotatable bonds is 20. The van der Waals surface area contributed by atoms with Crippen molar-refractivity contribution in [2.24, 2.45) is 11.1 Å². The van der Waals surface area contributed by atoms with Crippen LogP contribution >= 0.6 is 0 Å². The van der Waals surface area contributed by atoms with Crippen LogP contribution < -0.4 is 31.7 Å². The maximum atomic E-state index is 13.6. The molecule has 6 N–H and O–H groups in total. The predicted molar refractivity (Wildman–Crippen MR) is 187 cm³/mol. The molecular weight excluding hydrogens is 678 g/mol. The molecule has 2 aliphatic rings. The number of hydrogen-bond donors (Lipinski definition) is 5. The highest BCUT2D eigenvalue weighted by Gasteiger charge is 2.51. The molecule has 0 saturated heterocycles. The van der Waals surface area contributed by atoms with Gasteiger partial charge in [-0.15, -0.1) is 0 Å². The third kappa shape index (κ3) is 11.3. The lowest BCUT2D eigenvalue weighted by atomic mass is 9.67. The maximum absolute atomic E-state index is 13.6. The molecule has 6 amide bonds. The number of carbonyl (C=O) groups is 6. The van der Waals surface area contributed by atoms with Gasteiger partial charge >= 0.3 is 12.2 Å². The van der Waals surface area contributed by atoms with Crippen LogP contribution in [0.2, 0.25) is 0 Å². The quantitative estimate of drug-likeness (QED) is 0.0253. The van der Waals surface area contributed by atoms with E-state index in [0.717, 1.165) is 12.1 Å². The van der Waals surface area contributed by atoms with Crippen molar-refractivity contribution < 1.29 is 43.2 Å². The summed E-state index contributed by atoms with van der Waals surface area (Å²) >= 11 is 0. The Morgan fingerprint density at radius 2 is 1.56 bits per heavy atom. The number of nitrogens with zero attached hydrogens (tertiary/aromatic N) is 2. The molecule has 17 nitrogen and oxygen atoms in total. The zero-order valence-corrected chi connectivity index (χ0v) is 28.6. The number of primary amides is 1. The SMILES string of the molecule is NC(=O)NCCC[C@@H](CNc1ccc(COC(=O)Oc2ccc([N+](=O)[O-])cc2)cc1)NC(=O)C1(C(=O)NCCCCCN2C(=O)C=CC2=O)CCC1. The van der Waals surface area contributed by atoms with Crippen LogP contribution in [-0.4, -0.2) is 77.9 Å². The van der Waals surface area contributed by atoms with Crippen LogP contribution in [0.15, 0.2) is 60.7 Å². The second-order valence-corrected chi connectivity index (χ2v) is 12.5. The van der Waals surface area contributed by atoms with Gasteiger partial charge in [-0.2, -0.15) is 0 Å². The van der Waals surface area contributed by atoms with Gasteiger partial charge in [0.2, 0.25) is 11.8 Å². The number of unbranched alkanes of at least 4 members (excludes halogenated alkanes) is 2. The Hall–Kier alpha value is -6.00. The molecule has 1 saturated carbocycles. The molecule has 1 aliphatic heterocycles. The third-order valence-corrected chi connectivity index (χ3v) is 8.80. The summed E-state index contributed by atoms with van der Waals surface area (Å²) in [7, 11) is 0. The highest BCUT2D eigenvalue weighted by molar-refractivity contribution is 6.12. The molecule has 1 atom stereocenters. The second-order valence-electron chi connectivity index (χ2n) is 12.5. The minimum Gasteiger partial charge on any atom is -0.429 e. The van der Waals surface area contributed by atoms with E-state index in [0.29, 0.717) is 76.7 Å². The number of urea groups is 1. The number of non-ortho nitro benzene ring substituents is 1. The number of ether oxygens (including phenoxy) is 2. The van der Waals surface area contributed by atoms with Crippen LogP contribution in [0, 0.1) is 15.5 Å². The number of hydrogen-bond acceptors (Lipinski definition) is 11. The normalized spacial score (nSPS) is 14.9. The maximum Gasteiger partial charge on any atom is 0.514 e. The lowest BCUT2D eigenvalue weighted by molar-refractivity contribution is -0.384. The van der Waals surface area contributed by atoms with E-state index in [4.69, 9.17) is 15.2 Å². The van der Waals surface area contributed by atoms with Gasteiger partial charge in [-0.05, 0) is 74.8 Å². The fraction of sp³-hybridized carbons (Fsp3) is 0.429. The summed E-state index contributed by atoms with van der Waals surface area (Å²) in [5.41, 5.74) is 5.26. The van der Waals surface area contributed by atoms with E-state index >= 15 is 0 Å². The first-order valence-electron chi connectivity index (χ1n) is 17.0. The minimum atomic E-state index is -1.18. The van der Waals surface area contributed by atoms with E-state index in [1.165, 1.54) is 41.3 Å². The molecular formula is C35H43N7O10. The van der Waals surface area contributed by atoms with Gasteiger partial charge in [0.05, 0.1) is 4.92 Å². The molecule has 17 heteroatoms. The number of imide groups is 1. The van der Waals surface area contributed by atoms with Crippen molar-refractivity contribution in [3.05, 3.63) is 76.4 Å². The van der Waals surface area contributed by atoms with Gasteiger partial charge in [0.25, 0.3) is 17.5 Å². The van der Waals surface area contributed by atoms with Gasteiger partial charge in [0, 0.05) is 62.2 Å². The topological polar surface area (TPSA) is 241 Å². The molecule has 278 valence electrons. The molecule has 2 aromatic carbocycles. The highest BCUT2D eigenvalue weighted by atomic mass is 16.7. The summed E-state index contributed by atoms with van der Waals surface area (Å²) in [5, 5.41) is 22.5. The first-order valence-corrected chi connectivity index (χ1v) is 17.0. The Kier molecular flexibility index (Phi) is 14.1. The summed E-state index contributed by atoms with van der Waals surface area (Å²) in [6.45, 7) is 1.22. The van der Waals surface area contributed by atoms with Crippen LogP contribution in [0.25, 0.3) is 0 Å². The molecule has 0 aromatic heterocycles. The van der Waals surface area contributed by atoms with Gasteiger partial charge in [0.1, 0.15) is 17.8 Å². The van der Waals surface area contributed by atoms with Crippen LogP contribution in [0.1, 0.15) is 56.9 Å². The van der Waals surface area contributed by atoms with Crippen molar-refractivity contribution in [3.63, 3.8) is 0 Å². The average Bonchev–Trinajstić information content (AvgIpc) is 3.42. The first kappa shape index (κ1) is 38.8. The molecule has 2 aromatic rings. The Bertz CT molecular complexity index is 1620. The van der Waals surface area contributed by atoms with Crippen molar-refractivity contribution in [1.29, 1.82) is 0 Å². The zero-order chi connectivity index (χ0) is 37.5. The number of nitro benzene ring substituents is 1. The molecule has 52 heavy (non-hydrogen) atoms. The summed E-state index contributed by atoms with van der Waals surface area (Å²) in [6.07, 6.45) is 6.04. The number of nitrogens with one attached hydrogen (secondary N) is 4. The van der Waals surface area contributed by atoms with Crippen molar-refractivity contribution in [1.82, 2.24) is 20.9 Å². The van der Waals surface area contributed by atoms with Gasteiger partial charge in [0.15, 0.2) is 0 Å². The summed E-state index contributed by atoms with van der Waals surface area (Å²) in [6, 6.07) is 11.0. The molecule has 1 heterocycles. The summed E-state index contributed by atoms with van der Waals surface area (Å²) in [5.74, 6) is -1.24. The number of benzene rings is 2. The van der Waals surface area contributed by atoms with E-state index in [2.05, 4.69) is 21.3 Å². The van der Waals surface area contributed by atoms with Crippen molar-refractivity contribution in [3.8, 4) is 5.75 Å². The Morgan fingerprint density at radius 3 is 2.17 bits per heavy atom. The smallest absolute Gasteiger partial charge is 0.429 e.